The summed E-state index contributed by atoms with van der Waals surface area (Å²) in [6.07, 6.45) is 0.380. The second-order valence-corrected chi connectivity index (χ2v) is 6.15. The maximum Gasteiger partial charge on any atom is 0.267 e. The first-order valence-corrected chi connectivity index (χ1v) is 7.94. The Morgan fingerprint density at radius 3 is 2.68 bits per heavy atom. The summed E-state index contributed by atoms with van der Waals surface area (Å²) in [4.78, 5) is 12.5. The molecule has 0 amide bonds. The molecule has 1 aliphatic rings. The van der Waals surface area contributed by atoms with Crippen LogP contribution in [0, 0.1) is 4.77 Å². The van der Waals surface area contributed by atoms with Crippen molar-refractivity contribution in [1.82, 2.24) is 14.6 Å². The Labute approximate surface area is 148 Å². The van der Waals surface area contributed by atoms with Gasteiger partial charge in [-0.05, 0) is 29.9 Å². The minimum atomic E-state index is -0.403. The summed E-state index contributed by atoms with van der Waals surface area (Å²) in [5.74, 6) is 0.185. The number of methoxy groups -OCH3 is 1. The van der Waals surface area contributed by atoms with E-state index in [1.807, 2.05) is 0 Å². The van der Waals surface area contributed by atoms with Gasteiger partial charge in [0.2, 0.25) is 5.88 Å². The van der Waals surface area contributed by atoms with E-state index in [2.05, 4.69) is 10.5 Å². The number of ether oxygens (including phenoxy) is 1. The number of benzene rings is 1. The van der Waals surface area contributed by atoms with Crippen molar-refractivity contribution in [2.24, 2.45) is 19.2 Å². The van der Waals surface area contributed by atoms with Crippen LogP contribution in [0.15, 0.2) is 28.1 Å². The van der Waals surface area contributed by atoms with E-state index in [1.165, 1.54) is 16.2 Å². The molecule has 2 aromatic rings. The second-order valence-electron chi connectivity index (χ2n) is 5.78. The highest BCUT2D eigenvalue weighted by Crippen LogP contribution is 2.32. The van der Waals surface area contributed by atoms with Gasteiger partial charge in [0.1, 0.15) is 5.56 Å². The van der Waals surface area contributed by atoms with Gasteiger partial charge in [-0.3, -0.25) is 13.9 Å². The fraction of sp³-hybridized carbons (Fsp3) is 0.312. The summed E-state index contributed by atoms with van der Waals surface area (Å²) in [7, 11) is 4.61. The van der Waals surface area contributed by atoms with Crippen molar-refractivity contribution in [3.8, 4) is 17.4 Å². The molecule has 3 rings (SSSR count). The van der Waals surface area contributed by atoms with Gasteiger partial charge in [-0.1, -0.05) is 6.07 Å². The molecule has 0 fully saturated rings. The average Bonchev–Trinajstić information content (AvgIpc) is 3.08. The van der Waals surface area contributed by atoms with Crippen molar-refractivity contribution in [1.29, 1.82) is 0 Å². The topological polar surface area (TPSA) is 101 Å². The molecule has 0 radical (unpaired) electrons. The first-order valence-electron chi connectivity index (χ1n) is 7.53. The van der Waals surface area contributed by atoms with E-state index < -0.39 is 5.56 Å². The molecular weight excluding hydrogens is 344 g/mol. The molecule has 1 aromatic carbocycles. The monoisotopic (exact) mass is 362 g/mol. The van der Waals surface area contributed by atoms with E-state index in [0.717, 1.165) is 5.56 Å². The average molecular weight is 362 g/mol. The normalized spacial score (nSPS) is 16.4. The van der Waals surface area contributed by atoms with E-state index in [9.17, 15) is 15.0 Å². The predicted octanol–water partition coefficient (Wildman–Crippen LogP) is 1.31. The minimum Gasteiger partial charge on any atom is -0.504 e. The Balaban J connectivity index is 1.95. The van der Waals surface area contributed by atoms with Gasteiger partial charge in [0.05, 0.1) is 18.9 Å². The SMILES string of the molecule is COc1ccc([C@H]2CC(c3c(O)n(C)c(=S)n(C)c3=O)=NN2)cc1O. The van der Waals surface area contributed by atoms with E-state index >= 15 is 0 Å². The lowest BCUT2D eigenvalue weighted by atomic mass is 9.99. The van der Waals surface area contributed by atoms with Gasteiger partial charge in [0, 0.05) is 20.5 Å². The Morgan fingerprint density at radius 1 is 1.32 bits per heavy atom. The zero-order valence-electron chi connectivity index (χ0n) is 14.0. The van der Waals surface area contributed by atoms with Crippen LogP contribution in [0.5, 0.6) is 17.4 Å². The third kappa shape index (κ3) is 2.76. The van der Waals surface area contributed by atoms with Gasteiger partial charge in [-0.25, -0.2) is 0 Å². The fourth-order valence-electron chi connectivity index (χ4n) is 2.80. The van der Waals surface area contributed by atoms with Gasteiger partial charge in [0.25, 0.3) is 5.56 Å². The molecule has 0 saturated heterocycles. The van der Waals surface area contributed by atoms with Crippen molar-refractivity contribution in [2.75, 3.05) is 7.11 Å². The molecule has 0 unspecified atom stereocenters. The van der Waals surface area contributed by atoms with Gasteiger partial charge < -0.3 is 20.4 Å². The van der Waals surface area contributed by atoms with Crippen molar-refractivity contribution in [3.05, 3.63) is 44.5 Å². The number of rotatable bonds is 3. The van der Waals surface area contributed by atoms with E-state index in [1.54, 1.807) is 32.3 Å². The Hall–Kier alpha value is -2.81. The summed E-state index contributed by atoms with van der Waals surface area (Å²) in [5, 5.41) is 24.5. The molecule has 3 N–H and O–H groups in total. The lowest BCUT2D eigenvalue weighted by Gasteiger charge is -2.13. The summed E-state index contributed by atoms with van der Waals surface area (Å²) < 4.78 is 7.90. The molecule has 1 atom stereocenters. The van der Waals surface area contributed by atoms with E-state index in [4.69, 9.17) is 17.0 Å². The molecule has 0 saturated carbocycles. The van der Waals surface area contributed by atoms with Crippen LogP contribution in [-0.2, 0) is 14.1 Å². The first kappa shape index (κ1) is 17.0. The predicted molar refractivity (Wildman–Crippen MR) is 94.8 cm³/mol. The first-order chi connectivity index (χ1) is 11.8. The summed E-state index contributed by atoms with van der Waals surface area (Å²) in [5.41, 5.74) is 3.87. The smallest absolute Gasteiger partial charge is 0.267 e. The molecule has 1 aromatic heterocycles. The molecule has 1 aliphatic heterocycles. The Bertz CT molecular complexity index is 993. The van der Waals surface area contributed by atoms with Crippen LogP contribution in [-0.4, -0.2) is 32.2 Å². The van der Waals surface area contributed by atoms with E-state index in [0.29, 0.717) is 17.9 Å². The van der Waals surface area contributed by atoms with Crippen LogP contribution in [0.4, 0.5) is 0 Å². The number of hydrogen-bond acceptors (Lipinski definition) is 7. The standard InChI is InChI=1S/C16H18N4O4S/c1-19-14(22)13(15(23)20(2)16(19)25)10-7-9(17-18-10)8-4-5-12(24-3)11(21)6-8/h4-6,9,17,21-22H,7H2,1-3H3/t9-/m1/s1. The Kier molecular flexibility index (Phi) is 4.25. The van der Waals surface area contributed by atoms with Crippen LogP contribution in [0.2, 0.25) is 0 Å². The van der Waals surface area contributed by atoms with Crippen LogP contribution in [0.25, 0.3) is 0 Å². The maximum atomic E-state index is 12.5. The number of hydrazone groups is 1. The number of aromatic hydroxyl groups is 2. The molecule has 9 heteroatoms. The number of hydrogen-bond donors (Lipinski definition) is 3. The minimum absolute atomic E-state index is 0.0240. The molecule has 0 aliphatic carbocycles. The highest BCUT2D eigenvalue weighted by Gasteiger charge is 2.27. The number of phenols is 1. The van der Waals surface area contributed by atoms with Crippen LogP contribution in [0.3, 0.4) is 0 Å². The zero-order chi connectivity index (χ0) is 18.3. The number of nitrogens with zero attached hydrogens (tertiary/aromatic N) is 3. The van der Waals surface area contributed by atoms with Gasteiger partial charge >= 0.3 is 0 Å². The fourth-order valence-corrected chi connectivity index (χ4v) is 2.97. The van der Waals surface area contributed by atoms with Crippen molar-refractivity contribution < 1.29 is 14.9 Å². The molecule has 8 nitrogen and oxygen atoms in total. The third-order valence-corrected chi connectivity index (χ3v) is 4.83. The number of phenolic OH excluding ortho intramolecular Hbond substituents is 1. The molecular formula is C16H18N4O4S. The molecule has 0 bridgehead atoms. The third-order valence-electron chi connectivity index (χ3n) is 4.28. The largest absolute Gasteiger partial charge is 0.504 e. The van der Waals surface area contributed by atoms with Gasteiger partial charge in [-0.15, -0.1) is 0 Å². The highest BCUT2D eigenvalue weighted by atomic mass is 32.1. The lowest BCUT2D eigenvalue weighted by molar-refractivity contribution is 0.372. The lowest BCUT2D eigenvalue weighted by Crippen LogP contribution is -2.28. The molecule has 132 valence electrons. The van der Waals surface area contributed by atoms with Crippen molar-refractivity contribution in [3.63, 3.8) is 0 Å². The van der Waals surface area contributed by atoms with Crippen LogP contribution < -0.4 is 15.7 Å². The zero-order valence-corrected chi connectivity index (χ0v) is 14.8. The van der Waals surface area contributed by atoms with Crippen molar-refractivity contribution >= 4 is 17.9 Å². The maximum absolute atomic E-state index is 12.5. The van der Waals surface area contributed by atoms with Crippen LogP contribution >= 0.6 is 12.2 Å². The molecule has 0 spiro atoms. The van der Waals surface area contributed by atoms with E-state index in [-0.39, 0.29) is 28.0 Å². The van der Waals surface area contributed by atoms with Gasteiger partial charge in [-0.2, -0.15) is 5.10 Å². The Morgan fingerprint density at radius 2 is 2.04 bits per heavy atom. The molecule has 2 heterocycles. The van der Waals surface area contributed by atoms with Gasteiger partial charge in [0.15, 0.2) is 16.3 Å². The summed E-state index contributed by atoms with van der Waals surface area (Å²) in [6, 6.07) is 4.81. The number of aromatic nitrogens is 2. The summed E-state index contributed by atoms with van der Waals surface area (Å²) in [6.45, 7) is 0. The van der Waals surface area contributed by atoms with Crippen molar-refractivity contribution in [2.45, 2.75) is 12.5 Å². The second kappa shape index (κ2) is 6.25. The quantitative estimate of drug-likeness (QED) is 0.712. The summed E-state index contributed by atoms with van der Waals surface area (Å²) >= 11 is 5.11. The highest BCUT2D eigenvalue weighted by molar-refractivity contribution is 7.71. The van der Waals surface area contributed by atoms with Crippen LogP contribution in [0.1, 0.15) is 23.6 Å². The number of nitrogens with one attached hydrogen (secondary N) is 1. The molecule has 25 heavy (non-hydrogen) atoms.